The van der Waals surface area contributed by atoms with Crippen molar-refractivity contribution in [3.63, 3.8) is 0 Å². The predicted octanol–water partition coefficient (Wildman–Crippen LogP) is 3.36. The van der Waals surface area contributed by atoms with Crippen molar-refractivity contribution in [1.82, 2.24) is 4.72 Å². The van der Waals surface area contributed by atoms with Gasteiger partial charge in [-0.2, -0.15) is 0 Å². The lowest BCUT2D eigenvalue weighted by Gasteiger charge is -2.09. The average molecular weight is 428 g/mol. The molecule has 0 saturated carbocycles. The zero-order chi connectivity index (χ0) is 21.4. The van der Waals surface area contributed by atoms with Crippen molar-refractivity contribution < 1.29 is 22.3 Å². The van der Waals surface area contributed by atoms with Crippen molar-refractivity contribution in [3.05, 3.63) is 90.2 Å². The summed E-state index contributed by atoms with van der Waals surface area (Å²) in [6.07, 6.45) is 0.588. The minimum Gasteiger partial charge on any atom is -0.484 e. The number of benzene rings is 3. The van der Waals surface area contributed by atoms with E-state index in [-0.39, 0.29) is 18.0 Å². The van der Waals surface area contributed by atoms with Gasteiger partial charge in [-0.05, 0) is 60.5 Å². The molecule has 30 heavy (non-hydrogen) atoms. The number of amides is 1. The maximum Gasteiger partial charge on any atom is 0.262 e. The highest BCUT2D eigenvalue weighted by molar-refractivity contribution is 7.89. The highest BCUT2D eigenvalue weighted by atomic mass is 32.2. The predicted molar refractivity (Wildman–Crippen MR) is 112 cm³/mol. The van der Waals surface area contributed by atoms with Gasteiger partial charge in [-0.25, -0.2) is 17.5 Å². The number of carbonyl (C=O) groups is 1. The minimum absolute atomic E-state index is 0.110. The van der Waals surface area contributed by atoms with Gasteiger partial charge >= 0.3 is 0 Å². The molecule has 0 saturated heterocycles. The molecular weight excluding hydrogens is 407 g/mol. The van der Waals surface area contributed by atoms with Crippen LogP contribution in [-0.2, 0) is 21.2 Å². The van der Waals surface area contributed by atoms with Gasteiger partial charge in [0.05, 0.1) is 4.90 Å². The molecule has 8 heteroatoms. The number of nitrogens with one attached hydrogen (secondary N) is 2. The van der Waals surface area contributed by atoms with Crippen LogP contribution < -0.4 is 14.8 Å². The summed E-state index contributed by atoms with van der Waals surface area (Å²) >= 11 is 0. The second kappa shape index (κ2) is 10.00. The van der Waals surface area contributed by atoms with Crippen LogP contribution in [0.1, 0.15) is 5.56 Å². The molecule has 156 valence electrons. The Labute approximate surface area is 174 Å². The summed E-state index contributed by atoms with van der Waals surface area (Å²) in [6.45, 7) is 0.0208. The number of hydrogen-bond acceptors (Lipinski definition) is 4. The number of anilines is 1. The van der Waals surface area contributed by atoms with E-state index in [1.54, 1.807) is 0 Å². The van der Waals surface area contributed by atoms with Gasteiger partial charge in [0, 0.05) is 12.2 Å². The summed E-state index contributed by atoms with van der Waals surface area (Å²) in [7, 11) is -3.64. The summed E-state index contributed by atoms with van der Waals surface area (Å²) in [4.78, 5) is 12.0. The molecule has 0 heterocycles. The van der Waals surface area contributed by atoms with Crippen molar-refractivity contribution >= 4 is 21.6 Å². The van der Waals surface area contributed by atoms with Crippen molar-refractivity contribution in [1.29, 1.82) is 0 Å². The van der Waals surface area contributed by atoms with E-state index in [9.17, 15) is 17.6 Å². The molecule has 1 amide bonds. The lowest BCUT2D eigenvalue weighted by atomic mass is 10.2. The van der Waals surface area contributed by atoms with E-state index in [0.717, 1.165) is 5.56 Å². The van der Waals surface area contributed by atoms with Gasteiger partial charge in [0.2, 0.25) is 10.0 Å². The minimum atomic E-state index is -3.64. The first-order valence-electron chi connectivity index (χ1n) is 9.24. The molecule has 0 atom stereocenters. The summed E-state index contributed by atoms with van der Waals surface area (Å²) in [5.41, 5.74) is 1.50. The lowest BCUT2D eigenvalue weighted by molar-refractivity contribution is -0.118. The van der Waals surface area contributed by atoms with Gasteiger partial charge in [0.15, 0.2) is 6.61 Å². The van der Waals surface area contributed by atoms with Crippen LogP contribution in [0.5, 0.6) is 5.75 Å². The van der Waals surface area contributed by atoms with Gasteiger partial charge in [-0.15, -0.1) is 0 Å². The fourth-order valence-corrected chi connectivity index (χ4v) is 3.68. The van der Waals surface area contributed by atoms with Crippen molar-refractivity contribution in [2.24, 2.45) is 0 Å². The Morgan fingerprint density at radius 3 is 2.23 bits per heavy atom. The van der Waals surface area contributed by atoms with Gasteiger partial charge in [-0.1, -0.05) is 30.3 Å². The van der Waals surface area contributed by atoms with Gasteiger partial charge in [0.25, 0.3) is 5.91 Å². The lowest BCUT2D eigenvalue weighted by Crippen LogP contribution is -2.26. The first kappa shape index (κ1) is 21.5. The quantitative estimate of drug-likeness (QED) is 0.547. The monoisotopic (exact) mass is 428 g/mol. The first-order valence-corrected chi connectivity index (χ1v) is 10.7. The number of rotatable bonds is 9. The van der Waals surface area contributed by atoms with E-state index < -0.39 is 21.7 Å². The van der Waals surface area contributed by atoms with Crippen LogP contribution in [-0.4, -0.2) is 27.5 Å². The molecule has 0 aliphatic heterocycles. The van der Waals surface area contributed by atoms with Crippen LogP contribution in [0.25, 0.3) is 0 Å². The zero-order valence-electron chi connectivity index (χ0n) is 16.0. The van der Waals surface area contributed by atoms with E-state index in [4.69, 9.17) is 4.74 Å². The smallest absolute Gasteiger partial charge is 0.262 e. The standard InChI is InChI=1S/C22H21FN2O4S/c23-18-6-8-19(9-7-18)25-22(26)16-29-20-10-12-21(13-11-20)30(27,28)24-15-14-17-4-2-1-3-5-17/h1-13,24H,14-16H2,(H,25,26). The van der Waals surface area contributed by atoms with Crippen LogP contribution in [0, 0.1) is 5.82 Å². The fraction of sp³-hybridized carbons (Fsp3) is 0.136. The van der Waals surface area contributed by atoms with E-state index in [1.165, 1.54) is 48.5 Å². The molecule has 0 aliphatic rings. The molecule has 0 aliphatic carbocycles. The van der Waals surface area contributed by atoms with Gasteiger partial charge < -0.3 is 10.1 Å². The third-order valence-corrected chi connectivity index (χ3v) is 5.66. The van der Waals surface area contributed by atoms with Crippen LogP contribution in [0.4, 0.5) is 10.1 Å². The number of hydrogen-bond donors (Lipinski definition) is 2. The zero-order valence-corrected chi connectivity index (χ0v) is 16.9. The van der Waals surface area contributed by atoms with Crippen LogP contribution in [0.3, 0.4) is 0 Å². The number of halogens is 1. The molecule has 3 aromatic rings. The Morgan fingerprint density at radius 1 is 0.900 bits per heavy atom. The van der Waals surface area contributed by atoms with Crippen LogP contribution in [0.2, 0.25) is 0 Å². The highest BCUT2D eigenvalue weighted by Gasteiger charge is 2.13. The molecule has 3 rings (SSSR count). The molecule has 3 aromatic carbocycles. The number of sulfonamides is 1. The topological polar surface area (TPSA) is 84.5 Å². The molecule has 6 nitrogen and oxygen atoms in total. The number of ether oxygens (including phenoxy) is 1. The van der Waals surface area contributed by atoms with Crippen molar-refractivity contribution in [2.45, 2.75) is 11.3 Å². The van der Waals surface area contributed by atoms with Gasteiger partial charge in [0.1, 0.15) is 11.6 Å². The second-order valence-electron chi connectivity index (χ2n) is 6.45. The Morgan fingerprint density at radius 2 is 1.57 bits per heavy atom. The van der Waals surface area contributed by atoms with Crippen LogP contribution in [0.15, 0.2) is 83.8 Å². The summed E-state index contributed by atoms with van der Waals surface area (Å²) in [6, 6.07) is 20.8. The normalized spacial score (nSPS) is 11.1. The Balaban J connectivity index is 1.48. The molecule has 0 fully saturated rings. The molecule has 0 bridgehead atoms. The van der Waals surface area contributed by atoms with E-state index in [2.05, 4.69) is 10.0 Å². The maximum atomic E-state index is 12.9. The van der Waals surface area contributed by atoms with E-state index in [1.807, 2.05) is 30.3 Å². The SMILES string of the molecule is O=C(COc1ccc(S(=O)(=O)NCCc2ccccc2)cc1)Nc1ccc(F)cc1. The molecule has 0 unspecified atom stereocenters. The third kappa shape index (κ3) is 6.40. The molecule has 0 spiro atoms. The fourth-order valence-electron chi connectivity index (χ4n) is 2.65. The Kier molecular flexibility index (Phi) is 7.16. The Hall–Kier alpha value is -3.23. The third-order valence-electron chi connectivity index (χ3n) is 4.18. The molecule has 0 radical (unpaired) electrons. The molecule has 0 aromatic heterocycles. The number of carbonyl (C=O) groups excluding carboxylic acids is 1. The van der Waals surface area contributed by atoms with Crippen molar-refractivity contribution in [3.8, 4) is 5.75 Å². The largest absolute Gasteiger partial charge is 0.484 e. The van der Waals surface area contributed by atoms with Gasteiger partial charge in [-0.3, -0.25) is 4.79 Å². The maximum absolute atomic E-state index is 12.9. The Bertz CT molecular complexity index is 1070. The summed E-state index contributed by atoms with van der Waals surface area (Å²) < 4.78 is 45.6. The highest BCUT2D eigenvalue weighted by Crippen LogP contribution is 2.16. The molecule has 2 N–H and O–H groups in total. The molecular formula is C22H21FN2O4S. The van der Waals surface area contributed by atoms with Crippen LogP contribution >= 0.6 is 0 Å². The van der Waals surface area contributed by atoms with Crippen molar-refractivity contribution in [2.75, 3.05) is 18.5 Å². The first-order chi connectivity index (χ1) is 14.4. The summed E-state index contributed by atoms with van der Waals surface area (Å²) in [5, 5.41) is 2.58. The second-order valence-corrected chi connectivity index (χ2v) is 8.22. The average Bonchev–Trinajstić information content (AvgIpc) is 2.75. The summed E-state index contributed by atoms with van der Waals surface area (Å²) in [5.74, 6) is -0.456. The van der Waals surface area contributed by atoms with E-state index >= 15 is 0 Å². The van der Waals surface area contributed by atoms with E-state index in [0.29, 0.717) is 17.9 Å².